The number of aromatic nitrogens is 2. The molecule has 0 spiro atoms. The fourth-order valence-electron chi connectivity index (χ4n) is 5.52. The molecule has 2 atom stereocenters. The summed E-state index contributed by atoms with van der Waals surface area (Å²) in [5.41, 5.74) is -0.113. The van der Waals surface area contributed by atoms with Crippen LogP contribution in [0.15, 0.2) is 4.52 Å². The van der Waals surface area contributed by atoms with E-state index in [1.807, 2.05) is 11.8 Å². The minimum atomic E-state index is -0.113. The SMILES string of the molecule is Cc1nc(C2(C)CCN(C(=O)N[C@H]3CCCC[C@@H]3N3CCN(C(C)C)CC3)CC2)no1. The maximum absolute atomic E-state index is 13.1. The number of carbonyl (C=O) groups is 1. The first-order valence-electron chi connectivity index (χ1n) is 12.2. The molecule has 8 nitrogen and oxygen atoms in total. The molecule has 31 heavy (non-hydrogen) atoms. The van der Waals surface area contributed by atoms with Crippen LogP contribution in [-0.4, -0.2) is 88.3 Å². The molecular weight excluding hydrogens is 392 g/mol. The number of likely N-dealkylation sites (tertiary alicyclic amines) is 1. The number of carbonyl (C=O) groups excluding carboxylic acids is 1. The Hall–Kier alpha value is -1.67. The maximum Gasteiger partial charge on any atom is 0.317 e. The Bertz CT molecular complexity index is 734. The van der Waals surface area contributed by atoms with E-state index in [2.05, 4.69) is 46.0 Å². The zero-order valence-electron chi connectivity index (χ0n) is 19.8. The van der Waals surface area contributed by atoms with E-state index in [0.29, 0.717) is 18.0 Å². The van der Waals surface area contributed by atoms with Crippen LogP contribution in [-0.2, 0) is 5.41 Å². The quantitative estimate of drug-likeness (QED) is 0.788. The van der Waals surface area contributed by atoms with Crippen LogP contribution in [0.4, 0.5) is 4.79 Å². The van der Waals surface area contributed by atoms with Gasteiger partial charge in [-0.2, -0.15) is 4.98 Å². The van der Waals surface area contributed by atoms with Crippen molar-refractivity contribution in [1.82, 2.24) is 30.2 Å². The summed E-state index contributed by atoms with van der Waals surface area (Å²) in [5, 5.41) is 7.56. The van der Waals surface area contributed by atoms with Gasteiger partial charge in [-0.25, -0.2) is 4.79 Å². The lowest BCUT2D eigenvalue weighted by Crippen LogP contribution is -2.60. The number of amides is 2. The number of aryl methyl sites for hydroxylation is 1. The molecular formula is C23H40N6O2. The summed E-state index contributed by atoms with van der Waals surface area (Å²) in [6.45, 7) is 14.5. The van der Waals surface area contributed by atoms with Gasteiger partial charge in [0, 0.05) is 69.7 Å². The third kappa shape index (κ3) is 5.06. The second kappa shape index (κ2) is 9.45. The van der Waals surface area contributed by atoms with E-state index in [-0.39, 0.29) is 17.5 Å². The van der Waals surface area contributed by atoms with E-state index >= 15 is 0 Å². The highest BCUT2D eigenvalue weighted by Gasteiger charge is 2.39. The van der Waals surface area contributed by atoms with Gasteiger partial charge < -0.3 is 14.7 Å². The van der Waals surface area contributed by atoms with Gasteiger partial charge >= 0.3 is 6.03 Å². The Morgan fingerprint density at radius 2 is 1.77 bits per heavy atom. The van der Waals surface area contributed by atoms with Crippen LogP contribution in [0.1, 0.15) is 71.0 Å². The fraction of sp³-hybridized carbons (Fsp3) is 0.870. The van der Waals surface area contributed by atoms with Crippen LogP contribution >= 0.6 is 0 Å². The van der Waals surface area contributed by atoms with Crippen molar-refractivity contribution >= 4 is 6.03 Å². The highest BCUT2D eigenvalue weighted by molar-refractivity contribution is 5.74. The van der Waals surface area contributed by atoms with Gasteiger partial charge in [0.25, 0.3) is 0 Å². The molecule has 1 aromatic rings. The van der Waals surface area contributed by atoms with Crippen molar-refractivity contribution < 1.29 is 9.32 Å². The average Bonchev–Trinajstić information content (AvgIpc) is 3.22. The maximum atomic E-state index is 13.1. The van der Waals surface area contributed by atoms with Gasteiger partial charge in [0.2, 0.25) is 5.89 Å². The van der Waals surface area contributed by atoms with Gasteiger partial charge in [0.15, 0.2) is 5.82 Å². The number of nitrogens with one attached hydrogen (secondary N) is 1. The summed E-state index contributed by atoms with van der Waals surface area (Å²) < 4.78 is 5.19. The summed E-state index contributed by atoms with van der Waals surface area (Å²) >= 11 is 0. The zero-order chi connectivity index (χ0) is 22.0. The molecule has 0 aromatic carbocycles. The Morgan fingerprint density at radius 3 is 2.39 bits per heavy atom. The van der Waals surface area contributed by atoms with Crippen molar-refractivity contribution in [2.24, 2.45) is 0 Å². The molecule has 0 bridgehead atoms. The summed E-state index contributed by atoms with van der Waals surface area (Å²) in [6.07, 6.45) is 6.50. The zero-order valence-corrected chi connectivity index (χ0v) is 19.8. The van der Waals surface area contributed by atoms with Crippen LogP contribution in [0.3, 0.4) is 0 Å². The predicted octanol–water partition coefficient (Wildman–Crippen LogP) is 2.78. The summed E-state index contributed by atoms with van der Waals surface area (Å²) in [5.74, 6) is 1.38. The van der Waals surface area contributed by atoms with Crippen molar-refractivity contribution in [2.45, 2.75) is 89.8 Å². The van der Waals surface area contributed by atoms with Gasteiger partial charge in [-0.1, -0.05) is 24.9 Å². The molecule has 2 amide bonds. The van der Waals surface area contributed by atoms with Gasteiger partial charge in [-0.3, -0.25) is 9.80 Å². The molecule has 1 aliphatic carbocycles. The standard InChI is InChI=1S/C23H40N6O2/c1-17(2)27-13-15-28(16-14-27)20-8-6-5-7-19(20)25-22(30)29-11-9-23(4,10-12-29)21-24-18(3)31-26-21/h17,19-20H,5-16H2,1-4H3,(H,25,30)/t19-,20-/m0/s1. The predicted molar refractivity (Wildman–Crippen MR) is 120 cm³/mol. The molecule has 1 aromatic heterocycles. The van der Waals surface area contributed by atoms with Crippen LogP contribution in [0.5, 0.6) is 0 Å². The van der Waals surface area contributed by atoms with Crippen molar-refractivity contribution in [2.75, 3.05) is 39.3 Å². The fourth-order valence-corrected chi connectivity index (χ4v) is 5.52. The lowest BCUT2D eigenvalue weighted by molar-refractivity contribution is 0.0495. The topological polar surface area (TPSA) is 77.7 Å². The van der Waals surface area contributed by atoms with Gasteiger partial charge in [-0.15, -0.1) is 0 Å². The Labute approximate surface area is 186 Å². The van der Waals surface area contributed by atoms with Crippen LogP contribution < -0.4 is 5.32 Å². The normalized spacial score (nSPS) is 28.1. The highest BCUT2D eigenvalue weighted by Crippen LogP contribution is 2.33. The largest absolute Gasteiger partial charge is 0.340 e. The van der Waals surface area contributed by atoms with Crippen LogP contribution in [0, 0.1) is 6.92 Å². The smallest absolute Gasteiger partial charge is 0.317 e. The van der Waals surface area contributed by atoms with E-state index in [4.69, 9.17) is 4.52 Å². The summed E-state index contributed by atoms with van der Waals surface area (Å²) in [6, 6.07) is 1.46. The molecule has 0 unspecified atom stereocenters. The number of piperazine rings is 1. The number of hydrogen-bond donors (Lipinski definition) is 1. The van der Waals surface area contributed by atoms with Gasteiger partial charge in [0.1, 0.15) is 0 Å². The average molecular weight is 433 g/mol. The molecule has 1 N–H and O–H groups in total. The molecule has 3 fully saturated rings. The minimum absolute atomic E-state index is 0.101. The third-order valence-corrected chi connectivity index (χ3v) is 7.81. The number of rotatable bonds is 4. The lowest BCUT2D eigenvalue weighted by Gasteiger charge is -2.46. The van der Waals surface area contributed by atoms with Crippen LogP contribution in [0.25, 0.3) is 0 Å². The summed E-state index contributed by atoms with van der Waals surface area (Å²) in [4.78, 5) is 24.7. The second-order valence-corrected chi connectivity index (χ2v) is 10.3. The first-order valence-corrected chi connectivity index (χ1v) is 12.2. The second-order valence-electron chi connectivity index (χ2n) is 10.3. The van der Waals surface area contributed by atoms with Crippen molar-refractivity contribution in [1.29, 1.82) is 0 Å². The van der Waals surface area contributed by atoms with E-state index in [1.54, 1.807) is 0 Å². The van der Waals surface area contributed by atoms with E-state index in [0.717, 1.165) is 64.4 Å². The molecule has 3 aliphatic rings. The Balaban J connectivity index is 1.31. The van der Waals surface area contributed by atoms with Crippen molar-refractivity contribution in [3.8, 4) is 0 Å². The molecule has 0 radical (unpaired) electrons. The molecule has 2 saturated heterocycles. The molecule has 3 heterocycles. The van der Waals surface area contributed by atoms with Gasteiger partial charge in [0.05, 0.1) is 0 Å². The first-order chi connectivity index (χ1) is 14.9. The monoisotopic (exact) mass is 432 g/mol. The number of hydrogen-bond acceptors (Lipinski definition) is 6. The van der Waals surface area contributed by atoms with E-state index in [1.165, 1.54) is 19.3 Å². The number of nitrogens with zero attached hydrogens (tertiary/aromatic N) is 5. The van der Waals surface area contributed by atoms with Gasteiger partial charge in [-0.05, 0) is 39.5 Å². The highest BCUT2D eigenvalue weighted by atomic mass is 16.5. The van der Waals surface area contributed by atoms with Crippen molar-refractivity contribution in [3.05, 3.63) is 11.7 Å². The van der Waals surface area contributed by atoms with Crippen LogP contribution in [0.2, 0.25) is 0 Å². The minimum Gasteiger partial charge on any atom is -0.340 e. The molecule has 8 heteroatoms. The molecule has 1 saturated carbocycles. The first kappa shape index (κ1) is 22.5. The lowest BCUT2D eigenvalue weighted by atomic mass is 9.79. The van der Waals surface area contributed by atoms with E-state index < -0.39 is 0 Å². The number of urea groups is 1. The Kier molecular flexibility index (Phi) is 6.86. The summed E-state index contributed by atoms with van der Waals surface area (Å²) in [7, 11) is 0. The van der Waals surface area contributed by atoms with Crippen molar-refractivity contribution in [3.63, 3.8) is 0 Å². The Morgan fingerprint density at radius 1 is 1.10 bits per heavy atom. The number of piperidine rings is 1. The molecule has 174 valence electrons. The molecule has 2 aliphatic heterocycles. The third-order valence-electron chi connectivity index (χ3n) is 7.81. The molecule has 4 rings (SSSR count). The van der Waals surface area contributed by atoms with E-state index in [9.17, 15) is 4.79 Å².